The number of hydrogen-bond acceptors (Lipinski definition) is 4. The molecule has 0 radical (unpaired) electrons. The minimum atomic E-state index is -0.161. The quantitative estimate of drug-likeness (QED) is 0.745. The molecular formula is C11H17N3O. The van der Waals surface area contributed by atoms with Crippen LogP contribution in [0, 0.1) is 0 Å². The van der Waals surface area contributed by atoms with Gasteiger partial charge in [-0.1, -0.05) is 0 Å². The molecule has 3 N–H and O–H groups in total. The first-order valence-electron chi connectivity index (χ1n) is 5.41. The molecule has 4 nitrogen and oxygen atoms in total. The molecule has 0 saturated heterocycles. The Bertz CT molecular complexity index is 307. The molecule has 82 valence electrons. The van der Waals surface area contributed by atoms with Gasteiger partial charge in [-0.25, -0.2) is 9.97 Å². The lowest BCUT2D eigenvalue weighted by Crippen LogP contribution is -2.40. The maximum absolute atomic E-state index is 9.51. The van der Waals surface area contributed by atoms with Crippen molar-refractivity contribution in [3.8, 4) is 0 Å². The van der Waals surface area contributed by atoms with Gasteiger partial charge in [0.15, 0.2) is 0 Å². The molecule has 1 saturated carbocycles. The molecule has 2 rings (SSSR count). The number of nitrogens with zero attached hydrogens (tertiary/aromatic N) is 2. The SMILES string of the molecule is NCC1(c2ccncn2)CCC(O)CC1. The first-order valence-corrected chi connectivity index (χ1v) is 5.41. The molecule has 1 aliphatic rings. The van der Waals surface area contributed by atoms with E-state index < -0.39 is 0 Å². The van der Waals surface area contributed by atoms with Gasteiger partial charge in [0.25, 0.3) is 0 Å². The molecule has 1 heterocycles. The Kier molecular flexibility index (Phi) is 2.98. The molecule has 0 aromatic carbocycles. The average Bonchev–Trinajstić information content (AvgIpc) is 2.32. The van der Waals surface area contributed by atoms with Crippen molar-refractivity contribution in [3.63, 3.8) is 0 Å². The molecule has 1 fully saturated rings. The second kappa shape index (κ2) is 4.24. The fourth-order valence-corrected chi connectivity index (χ4v) is 2.32. The van der Waals surface area contributed by atoms with Crippen molar-refractivity contribution in [1.29, 1.82) is 0 Å². The summed E-state index contributed by atoms with van der Waals surface area (Å²) < 4.78 is 0. The predicted octanol–water partition coefficient (Wildman–Crippen LogP) is 0.608. The van der Waals surface area contributed by atoms with E-state index in [1.807, 2.05) is 6.07 Å². The summed E-state index contributed by atoms with van der Waals surface area (Å²) in [6.45, 7) is 0.594. The first kappa shape index (κ1) is 10.5. The van der Waals surface area contributed by atoms with E-state index >= 15 is 0 Å². The monoisotopic (exact) mass is 207 g/mol. The fraction of sp³-hybridized carbons (Fsp3) is 0.636. The second-order valence-electron chi connectivity index (χ2n) is 4.31. The molecule has 4 heteroatoms. The molecule has 0 unspecified atom stereocenters. The van der Waals surface area contributed by atoms with Gasteiger partial charge in [-0.15, -0.1) is 0 Å². The summed E-state index contributed by atoms with van der Waals surface area (Å²) in [5.74, 6) is 0. The molecule has 1 aromatic rings. The zero-order valence-corrected chi connectivity index (χ0v) is 8.76. The van der Waals surface area contributed by atoms with Gasteiger partial charge in [0, 0.05) is 18.2 Å². The van der Waals surface area contributed by atoms with Crippen LogP contribution in [0.2, 0.25) is 0 Å². The van der Waals surface area contributed by atoms with Crippen molar-refractivity contribution in [2.24, 2.45) is 5.73 Å². The summed E-state index contributed by atoms with van der Waals surface area (Å²) >= 11 is 0. The van der Waals surface area contributed by atoms with Crippen LogP contribution in [0.15, 0.2) is 18.6 Å². The van der Waals surface area contributed by atoms with Crippen LogP contribution in [0.4, 0.5) is 0 Å². The zero-order valence-electron chi connectivity index (χ0n) is 8.76. The summed E-state index contributed by atoms with van der Waals surface area (Å²) in [5.41, 5.74) is 6.85. The van der Waals surface area contributed by atoms with Gasteiger partial charge in [0.05, 0.1) is 11.8 Å². The number of nitrogens with two attached hydrogens (primary N) is 1. The third kappa shape index (κ3) is 2.01. The van der Waals surface area contributed by atoms with E-state index in [-0.39, 0.29) is 11.5 Å². The minimum Gasteiger partial charge on any atom is -0.393 e. The summed E-state index contributed by atoms with van der Waals surface area (Å²) in [6, 6.07) is 1.94. The highest BCUT2D eigenvalue weighted by atomic mass is 16.3. The van der Waals surface area contributed by atoms with Gasteiger partial charge in [0.1, 0.15) is 6.33 Å². The Morgan fingerprint density at radius 1 is 1.47 bits per heavy atom. The molecule has 0 bridgehead atoms. The third-order valence-electron chi connectivity index (χ3n) is 3.43. The van der Waals surface area contributed by atoms with Crippen molar-refractivity contribution >= 4 is 0 Å². The van der Waals surface area contributed by atoms with Crippen LogP contribution in [-0.2, 0) is 5.41 Å². The van der Waals surface area contributed by atoms with Crippen LogP contribution in [0.1, 0.15) is 31.4 Å². The molecule has 0 amide bonds. The number of rotatable bonds is 2. The van der Waals surface area contributed by atoms with Crippen molar-refractivity contribution in [3.05, 3.63) is 24.3 Å². The highest BCUT2D eigenvalue weighted by molar-refractivity contribution is 5.17. The Morgan fingerprint density at radius 2 is 2.20 bits per heavy atom. The van der Waals surface area contributed by atoms with Crippen molar-refractivity contribution in [2.45, 2.75) is 37.2 Å². The molecule has 15 heavy (non-hydrogen) atoms. The third-order valence-corrected chi connectivity index (χ3v) is 3.43. The topological polar surface area (TPSA) is 72.0 Å². The zero-order chi connectivity index (χ0) is 10.7. The maximum Gasteiger partial charge on any atom is 0.115 e. The fourth-order valence-electron chi connectivity index (χ4n) is 2.32. The van der Waals surface area contributed by atoms with E-state index in [0.29, 0.717) is 6.54 Å². The highest BCUT2D eigenvalue weighted by Crippen LogP contribution is 2.37. The normalized spacial score (nSPS) is 31.5. The van der Waals surface area contributed by atoms with Gasteiger partial charge in [-0.3, -0.25) is 0 Å². The summed E-state index contributed by atoms with van der Waals surface area (Å²) in [7, 11) is 0. The van der Waals surface area contributed by atoms with Crippen molar-refractivity contribution in [2.75, 3.05) is 6.54 Å². The van der Waals surface area contributed by atoms with Crippen LogP contribution in [0.3, 0.4) is 0 Å². The molecule has 0 spiro atoms. The van der Waals surface area contributed by atoms with E-state index in [1.54, 1.807) is 12.5 Å². The maximum atomic E-state index is 9.51. The standard InChI is InChI=1S/C11H17N3O/c12-7-11(4-1-9(15)2-5-11)10-3-6-13-8-14-10/h3,6,8-9,15H,1-2,4-5,7,12H2. The lowest BCUT2D eigenvalue weighted by Gasteiger charge is -2.37. The van der Waals surface area contributed by atoms with Gasteiger partial charge >= 0.3 is 0 Å². The molecule has 1 aromatic heterocycles. The van der Waals surface area contributed by atoms with E-state index in [1.165, 1.54) is 0 Å². The van der Waals surface area contributed by atoms with Crippen LogP contribution in [-0.4, -0.2) is 27.7 Å². The van der Waals surface area contributed by atoms with E-state index in [4.69, 9.17) is 5.73 Å². The molecule has 0 atom stereocenters. The Hall–Kier alpha value is -1.00. The largest absolute Gasteiger partial charge is 0.393 e. The van der Waals surface area contributed by atoms with E-state index in [2.05, 4.69) is 9.97 Å². The summed E-state index contributed by atoms with van der Waals surface area (Å²) in [6.07, 6.45) is 6.64. The second-order valence-corrected chi connectivity index (χ2v) is 4.31. The van der Waals surface area contributed by atoms with Gasteiger partial charge < -0.3 is 10.8 Å². The lowest BCUT2D eigenvalue weighted by atomic mass is 9.71. The number of aromatic nitrogens is 2. The van der Waals surface area contributed by atoms with Gasteiger partial charge in [-0.05, 0) is 31.7 Å². The smallest absolute Gasteiger partial charge is 0.115 e. The molecule has 1 aliphatic carbocycles. The van der Waals surface area contributed by atoms with Crippen molar-refractivity contribution in [1.82, 2.24) is 9.97 Å². The van der Waals surface area contributed by atoms with Crippen molar-refractivity contribution < 1.29 is 5.11 Å². The highest BCUT2D eigenvalue weighted by Gasteiger charge is 2.36. The Morgan fingerprint density at radius 3 is 2.73 bits per heavy atom. The van der Waals surface area contributed by atoms with Crippen LogP contribution in [0.5, 0.6) is 0 Å². The number of hydrogen-bond donors (Lipinski definition) is 2. The average molecular weight is 207 g/mol. The first-order chi connectivity index (χ1) is 7.27. The van der Waals surface area contributed by atoms with E-state index in [9.17, 15) is 5.11 Å². The van der Waals surface area contributed by atoms with Gasteiger partial charge in [-0.2, -0.15) is 0 Å². The number of aliphatic hydroxyl groups excluding tert-OH is 1. The Labute approximate surface area is 89.6 Å². The lowest BCUT2D eigenvalue weighted by molar-refractivity contribution is 0.0961. The Balaban J connectivity index is 2.23. The van der Waals surface area contributed by atoms with Crippen LogP contribution >= 0.6 is 0 Å². The van der Waals surface area contributed by atoms with Crippen LogP contribution < -0.4 is 5.73 Å². The number of aliphatic hydroxyl groups is 1. The van der Waals surface area contributed by atoms with Gasteiger partial charge in [0.2, 0.25) is 0 Å². The van der Waals surface area contributed by atoms with Crippen LogP contribution in [0.25, 0.3) is 0 Å². The predicted molar refractivity (Wildman–Crippen MR) is 57.2 cm³/mol. The summed E-state index contributed by atoms with van der Waals surface area (Å²) in [5, 5.41) is 9.51. The molecular weight excluding hydrogens is 190 g/mol. The minimum absolute atomic E-state index is 0.0395. The van der Waals surface area contributed by atoms with E-state index in [0.717, 1.165) is 31.4 Å². The summed E-state index contributed by atoms with van der Waals surface area (Å²) in [4.78, 5) is 8.22. The molecule has 0 aliphatic heterocycles.